The molecular formula is C27H37N3O2. The molecule has 0 bridgehead atoms. The van der Waals surface area contributed by atoms with Crippen molar-refractivity contribution in [3.63, 3.8) is 0 Å². The highest BCUT2D eigenvalue weighted by Crippen LogP contribution is 2.27. The summed E-state index contributed by atoms with van der Waals surface area (Å²) < 4.78 is 5.32. The Morgan fingerprint density at radius 1 is 1.00 bits per heavy atom. The molecule has 5 nitrogen and oxygen atoms in total. The van der Waals surface area contributed by atoms with Gasteiger partial charge < -0.3 is 15.0 Å². The van der Waals surface area contributed by atoms with E-state index in [1.165, 1.54) is 18.4 Å². The van der Waals surface area contributed by atoms with Crippen molar-refractivity contribution in [3.05, 3.63) is 60.2 Å². The maximum absolute atomic E-state index is 13.4. The molecule has 0 aromatic heterocycles. The Hall–Kier alpha value is -2.37. The Morgan fingerprint density at radius 2 is 1.69 bits per heavy atom. The molecule has 0 spiro atoms. The fraction of sp³-hybridized carbons (Fsp3) is 0.519. The van der Waals surface area contributed by atoms with Gasteiger partial charge in [-0.15, -0.1) is 0 Å². The van der Waals surface area contributed by atoms with Crippen LogP contribution < -0.4 is 15.0 Å². The van der Waals surface area contributed by atoms with Crippen LogP contribution >= 0.6 is 0 Å². The number of hydrogen-bond donors (Lipinski definition) is 1. The number of carbonyl (C=O) groups is 1. The van der Waals surface area contributed by atoms with Crippen molar-refractivity contribution in [2.75, 3.05) is 44.7 Å². The summed E-state index contributed by atoms with van der Waals surface area (Å²) in [5, 5.41) is 3.38. The van der Waals surface area contributed by atoms with Crippen LogP contribution in [0.5, 0.6) is 5.75 Å². The molecule has 5 heteroatoms. The second kappa shape index (κ2) is 11.5. The lowest BCUT2D eigenvalue weighted by Gasteiger charge is -2.34. The minimum absolute atomic E-state index is 0.131. The average molecular weight is 436 g/mol. The molecule has 1 amide bonds. The molecule has 32 heavy (non-hydrogen) atoms. The monoisotopic (exact) mass is 435 g/mol. The molecule has 4 rings (SSSR count). The number of likely N-dealkylation sites (tertiary alicyclic amines) is 1. The van der Waals surface area contributed by atoms with Gasteiger partial charge in [-0.2, -0.15) is 0 Å². The number of piperidine rings is 2. The Balaban J connectivity index is 1.34. The second-order valence-corrected chi connectivity index (χ2v) is 9.21. The van der Waals surface area contributed by atoms with E-state index in [0.29, 0.717) is 5.92 Å². The summed E-state index contributed by atoms with van der Waals surface area (Å²) in [5.74, 6) is 1.93. The predicted octanol–water partition coefficient (Wildman–Crippen LogP) is 4.33. The summed E-state index contributed by atoms with van der Waals surface area (Å²) in [7, 11) is 1.68. The molecule has 0 radical (unpaired) electrons. The summed E-state index contributed by atoms with van der Waals surface area (Å²) >= 11 is 0. The van der Waals surface area contributed by atoms with Gasteiger partial charge in [0, 0.05) is 24.7 Å². The third-order valence-corrected chi connectivity index (χ3v) is 7.06. The molecular weight excluding hydrogens is 398 g/mol. The first-order valence-electron chi connectivity index (χ1n) is 12.2. The van der Waals surface area contributed by atoms with E-state index in [0.717, 1.165) is 70.0 Å². The first-order valence-corrected chi connectivity index (χ1v) is 12.2. The summed E-state index contributed by atoms with van der Waals surface area (Å²) in [4.78, 5) is 18.0. The average Bonchev–Trinajstić information content (AvgIpc) is 2.86. The number of anilines is 1. The highest BCUT2D eigenvalue weighted by atomic mass is 16.5. The van der Waals surface area contributed by atoms with E-state index in [1.54, 1.807) is 7.11 Å². The molecule has 2 aliphatic heterocycles. The van der Waals surface area contributed by atoms with Gasteiger partial charge in [-0.05, 0) is 94.0 Å². The molecule has 1 N–H and O–H groups in total. The lowest BCUT2D eigenvalue weighted by atomic mass is 9.92. The number of nitrogens with one attached hydrogen (secondary N) is 1. The summed E-state index contributed by atoms with van der Waals surface area (Å²) in [5.41, 5.74) is 2.39. The molecule has 2 fully saturated rings. The van der Waals surface area contributed by atoms with Crippen molar-refractivity contribution in [3.8, 4) is 5.75 Å². The molecule has 2 aromatic carbocycles. The number of hydrogen-bond acceptors (Lipinski definition) is 4. The molecule has 0 saturated carbocycles. The van der Waals surface area contributed by atoms with Crippen molar-refractivity contribution in [2.24, 2.45) is 11.8 Å². The third-order valence-electron chi connectivity index (χ3n) is 7.06. The van der Waals surface area contributed by atoms with Crippen LogP contribution in [0.3, 0.4) is 0 Å². The Kier molecular flexibility index (Phi) is 8.18. The van der Waals surface area contributed by atoms with E-state index in [9.17, 15) is 4.79 Å². The fourth-order valence-electron chi connectivity index (χ4n) is 5.00. The quantitative estimate of drug-likeness (QED) is 0.670. The van der Waals surface area contributed by atoms with Crippen LogP contribution in [0.4, 0.5) is 5.69 Å². The number of benzene rings is 2. The summed E-state index contributed by atoms with van der Waals surface area (Å²) in [6, 6.07) is 18.7. The zero-order valence-electron chi connectivity index (χ0n) is 19.3. The number of rotatable bonds is 8. The Morgan fingerprint density at radius 3 is 2.34 bits per heavy atom. The highest BCUT2D eigenvalue weighted by molar-refractivity contribution is 5.95. The number of amides is 1. The van der Waals surface area contributed by atoms with E-state index in [2.05, 4.69) is 40.5 Å². The van der Waals surface area contributed by atoms with Gasteiger partial charge in [0.15, 0.2) is 0 Å². The molecule has 0 aliphatic carbocycles. The second-order valence-electron chi connectivity index (χ2n) is 9.21. The van der Waals surface area contributed by atoms with Crippen LogP contribution in [-0.4, -0.2) is 50.6 Å². The van der Waals surface area contributed by atoms with Gasteiger partial charge in [0.05, 0.1) is 7.11 Å². The third kappa shape index (κ3) is 6.11. The van der Waals surface area contributed by atoms with Crippen LogP contribution in [0.1, 0.15) is 37.7 Å². The SMILES string of the molecule is COc1ccc(N(CCC2CCN(Cc3ccccc3)CC2)C(=O)C2CCNCC2)cc1. The van der Waals surface area contributed by atoms with E-state index < -0.39 is 0 Å². The standard InChI is InChI=1S/C27H37N3O2/c1-32-26-9-7-25(8-10-26)30(27(31)24-11-16-28-17-12-24)20-15-22-13-18-29(19-14-22)21-23-5-3-2-4-6-23/h2-10,22,24,28H,11-21H2,1H3. The summed E-state index contributed by atoms with van der Waals surface area (Å²) in [6.07, 6.45) is 5.37. The van der Waals surface area contributed by atoms with Crippen molar-refractivity contribution in [2.45, 2.75) is 38.6 Å². The van der Waals surface area contributed by atoms with Crippen LogP contribution in [0.25, 0.3) is 0 Å². The number of methoxy groups -OCH3 is 1. The minimum atomic E-state index is 0.131. The van der Waals surface area contributed by atoms with E-state index in [-0.39, 0.29) is 11.8 Å². The zero-order valence-corrected chi connectivity index (χ0v) is 19.3. The number of carbonyl (C=O) groups excluding carboxylic acids is 1. The van der Waals surface area contributed by atoms with Gasteiger partial charge in [-0.1, -0.05) is 30.3 Å². The van der Waals surface area contributed by atoms with Crippen molar-refractivity contribution in [1.29, 1.82) is 0 Å². The first-order chi connectivity index (χ1) is 15.7. The first kappa shape index (κ1) is 22.8. The Labute approximate surface area is 192 Å². The molecule has 2 heterocycles. The fourth-order valence-corrected chi connectivity index (χ4v) is 5.00. The van der Waals surface area contributed by atoms with E-state index in [4.69, 9.17) is 4.74 Å². The van der Waals surface area contributed by atoms with Crippen molar-refractivity contribution < 1.29 is 9.53 Å². The minimum Gasteiger partial charge on any atom is -0.497 e. The topological polar surface area (TPSA) is 44.8 Å². The normalized spacial score (nSPS) is 18.4. The maximum Gasteiger partial charge on any atom is 0.230 e. The number of nitrogens with zero attached hydrogens (tertiary/aromatic N) is 2. The molecule has 0 unspecified atom stereocenters. The van der Waals surface area contributed by atoms with Crippen LogP contribution in [-0.2, 0) is 11.3 Å². The zero-order chi connectivity index (χ0) is 22.2. The molecule has 2 saturated heterocycles. The van der Waals surface area contributed by atoms with Crippen LogP contribution in [0, 0.1) is 11.8 Å². The van der Waals surface area contributed by atoms with Crippen molar-refractivity contribution >= 4 is 11.6 Å². The lowest BCUT2D eigenvalue weighted by Crippen LogP contribution is -2.42. The maximum atomic E-state index is 13.4. The highest BCUT2D eigenvalue weighted by Gasteiger charge is 2.28. The smallest absolute Gasteiger partial charge is 0.230 e. The summed E-state index contributed by atoms with van der Waals surface area (Å²) in [6.45, 7) is 6.01. The van der Waals surface area contributed by atoms with Crippen LogP contribution in [0.2, 0.25) is 0 Å². The van der Waals surface area contributed by atoms with Gasteiger partial charge in [-0.25, -0.2) is 0 Å². The number of ether oxygens (including phenoxy) is 1. The van der Waals surface area contributed by atoms with Gasteiger partial charge in [0.2, 0.25) is 5.91 Å². The molecule has 172 valence electrons. The Bertz CT molecular complexity index is 826. The van der Waals surface area contributed by atoms with Crippen LogP contribution in [0.15, 0.2) is 54.6 Å². The van der Waals surface area contributed by atoms with Gasteiger partial charge in [0.25, 0.3) is 0 Å². The van der Waals surface area contributed by atoms with E-state index >= 15 is 0 Å². The largest absolute Gasteiger partial charge is 0.497 e. The van der Waals surface area contributed by atoms with E-state index in [1.807, 2.05) is 29.2 Å². The predicted molar refractivity (Wildman–Crippen MR) is 130 cm³/mol. The molecule has 2 aliphatic rings. The van der Waals surface area contributed by atoms with Crippen molar-refractivity contribution in [1.82, 2.24) is 10.2 Å². The molecule has 0 atom stereocenters. The van der Waals surface area contributed by atoms with Gasteiger partial charge in [0.1, 0.15) is 5.75 Å². The molecule has 2 aromatic rings. The van der Waals surface area contributed by atoms with Gasteiger partial charge >= 0.3 is 0 Å². The lowest BCUT2D eigenvalue weighted by molar-refractivity contribution is -0.123. The van der Waals surface area contributed by atoms with Gasteiger partial charge in [-0.3, -0.25) is 9.69 Å².